The third-order valence-electron chi connectivity index (χ3n) is 5.02. The Hall–Kier alpha value is -4.33. The molecule has 168 valence electrons. The van der Waals surface area contributed by atoms with E-state index in [1.807, 2.05) is 60.7 Å². The molecule has 0 radical (unpaired) electrons. The van der Waals surface area contributed by atoms with E-state index in [9.17, 15) is 4.79 Å². The average Bonchev–Trinajstić information content (AvgIpc) is 2.84. The molecule has 0 saturated carbocycles. The molecule has 1 heterocycles. The standard InChI is InChI=1S/C25H24N4O4/c1-15(30)26-17-7-9-18(10-8-17)27-25-20-13-22(32-3)23(33-4)14-21(20)28-24(29-25)16-5-11-19(31-2)12-6-16/h5-14H,1-4H3,(H,26,30)(H,27,28,29). The number of aromatic nitrogens is 2. The quantitative estimate of drug-likeness (QED) is 0.413. The fourth-order valence-electron chi connectivity index (χ4n) is 3.40. The molecule has 0 atom stereocenters. The number of fused-ring (bicyclic) bond motifs is 1. The third kappa shape index (κ3) is 4.79. The molecule has 8 heteroatoms. The van der Waals surface area contributed by atoms with E-state index in [0.29, 0.717) is 34.3 Å². The van der Waals surface area contributed by atoms with Crippen LogP contribution in [0.1, 0.15) is 6.92 Å². The molecule has 0 bridgehead atoms. The summed E-state index contributed by atoms with van der Waals surface area (Å²) in [6.07, 6.45) is 0. The second kappa shape index (κ2) is 9.44. The zero-order valence-corrected chi connectivity index (χ0v) is 18.8. The van der Waals surface area contributed by atoms with Crippen molar-refractivity contribution in [3.63, 3.8) is 0 Å². The number of methoxy groups -OCH3 is 3. The molecular weight excluding hydrogens is 420 g/mol. The molecule has 0 aliphatic heterocycles. The summed E-state index contributed by atoms with van der Waals surface area (Å²) >= 11 is 0. The lowest BCUT2D eigenvalue weighted by atomic mass is 10.1. The molecule has 0 fully saturated rings. The Kier molecular flexibility index (Phi) is 6.26. The van der Waals surface area contributed by atoms with Crippen molar-refractivity contribution in [1.82, 2.24) is 9.97 Å². The summed E-state index contributed by atoms with van der Waals surface area (Å²) in [5.74, 6) is 2.95. The van der Waals surface area contributed by atoms with Crippen molar-refractivity contribution in [3.8, 4) is 28.6 Å². The Morgan fingerprint density at radius 1 is 0.788 bits per heavy atom. The number of benzene rings is 3. The molecule has 4 rings (SSSR count). The molecule has 0 aliphatic carbocycles. The van der Waals surface area contributed by atoms with E-state index in [4.69, 9.17) is 24.2 Å². The molecule has 0 unspecified atom stereocenters. The zero-order valence-electron chi connectivity index (χ0n) is 18.8. The van der Waals surface area contributed by atoms with E-state index in [1.165, 1.54) is 6.92 Å². The molecule has 1 aromatic heterocycles. The van der Waals surface area contributed by atoms with Crippen molar-refractivity contribution < 1.29 is 19.0 Å². The van der Waals surface area contributed by atoms with Crippen LogP contribution >= 0.6 is 0 Å². The first-order valence-electron chi connectivity index (χ1n) is 10.2. The first-order chi connectivity index (χ1) is 16.0. The Morgan fingerprint density at radius 3 is 2.03 bits per heavy atom. The highest BCUT2D eigenvalue weighted by Gasteiger charge is 2.15. The number of hydrogen-bond donors (Lipinski definition) is 2. The van der Waals surface area contributed by atoms with Crippen LogP contribution in [-0.2, 0) is 4.79 Å². The van der Waals surface area contributed by atoms with Crippen LogP contribution in [0.25, 0.3) is 22.3 Å². The summed E-state index contributed by atoms with van der Waals surface area (Å²) in [5.41, 5.74) is 3.06. The van der Waals surface area contributed by atoms with Gasteiger partial charge in [0.15, 0.2) is 17.3 Å². The minimum atomic E-state index is -0.123. The number of hydrogen-bond acceptors (Lipinski definition) is 7. The van der Waals surface area contributed by atoms with Crippen LogP contribution in [0.4, 0.5) is 17.2 Å². The monoisotopic (exact) mass is 444 g/mol. The number of nitrogens with zero attached hydrogens (tertiary/aromatic N) is 2. The molecule has 0 spiro atoms. The maximum atomic E-state index is 11.3. The molecule has 1 amide bonds. The third-order valence-corrected chi connectivity index (χ3v) is 5.02. The summed E-state index contributed by atoms with van der Waals surface area (Å²) < 4.78 is 16.2. The number of nitrogens with one attached hydrogen (secondary N) is 2. The second-order valence-corrected chi connectivity index (χ2v) is 7.23. The molecule has 8 nitrogen and oxygen atoms in total. The van der Waals surface area contributed by atoms with Gasteiger partial charge < -0.3 is 24.8 Å². The Labute approximate surface area is 191 Å². The molecule has 3 aromatic carbocycles. The van der Waals surface area contributed by atoms with Crippen molar-refractivity contribution in [1.29, 1.82) is 0 Å². The van der Waals surface area contributed by atoms with Gasteiger partial charge >= 0.3 is 0 Å². The first kappa shape index (κ1) is 21.9. The van der Waals surface area contributed by atoms with Gasteiger partial charge in [0.2, 0.25) is 5.91 Å². The minimum absolute atomic E-state index is 0.123. The van der Waals surface area contributed by atoms with Crippen LogP contribution in [0.15, 0.2) is 60.7 Å². The molecule has 0 saturated heterocycles. The Bertz CT molecular complexity index is 1290. The highest BCUT2D eigenvalue weighted by Crippen LogP contribution is 2.36. The molecule has 4 aromatic rings. The van der Waals surface area contributed by atoms with E-state index in [2.05, 4.69) is 10.6 Å². The van der Waals surface area contributed by atoms with E-state index >= 15 is 0 Å². The van der Waals surface area contributed by atoms with E-state index < -0.39 is 0 Å². The number of rotatable bonds is 7. The van der Waals surface area contributed by atoms with Gasteiger partial charge in [0.1, 0.15) is 11.6 Å². The van der Waals surface area contributed by atoms with Gasteiger partial charge in [0, 0.05) is 35.3 Å². The van der Waals surface area contributed by atoms with Crippen LogP contribution in [-0.4, -0.2) is 37.2 Å². The maximum Gasteiger partial charge on any atom is 0.221 e. The molecular formula is C25H24N4O4. The number of ether oxygens (including phenoxy) is 3. The van der Waals surface area contributed by atoms with Crippen LogP contribution in [0.3, 0.4) is 0 Å². The SMILES string of the molecule is COc1ccc(-c2nc(Nc3ccc(NC(C)=O)cc3)c3cc(OC)c(OC)cc3n2)cc1. The van der Waals surface area contributed by atoms with Crippen LogP contribution in [0, 0.1) is 0 Å². The summed E-state index contributed by atoms with van der Waals surface area (Å²) in [5, 5.41) is 6.90. The fourth-order valence-corrected chi connectivity index (χ4v) is 3.40. The van der Waals surface area contributed by atoms with Crippen molar-refractivity contribution in [2.75, 3.05) is 32.0 Å². The minimum Gasteiger partial charge on any atom is -0.497 e. The van der Waals surface area contributed by atoms with Crippen LogP contribution in [0.2, 0.25) is 0 Å². The van der Waals surface area contributed by atoms with Gasteiger partial charge in [-0.1, -0.05) is 0 Å². The summed E-state index contributed by atoms with van der Waals surface area (Å²) in [6, 6.07) is 18.6. The Balaban J connectivity index is 1.81. The normalized spacial score (nSPS) is 10.5. The predicted molar refractivity (Wildman–Crippen MR) is 129 cm³/mol. The van der Waals surface area contributed by atoms with Crippen molar-refractivity contribution in [2.45, 2.75) is 6.92 Å². The summed E-state index contributed by atoms with van der Waals surface area (Å²) in [4.78, 5) is 20.8. The first-order valence-corrected chi connectivity index (χ1v) is 10.2. The number of amides is 1. The van der Waals surface area contributed by atoms with Gasteiger partial charge in [-0.15, -0.1) is 0 Å². The molecule has 0 aliphatic rings. The number of carbonyl (C=O) groups is 1. The Morgan fingerprint density at radius 2 is 1.42 bits per heavy atom. The largest absolute Gasteiger partial charge is 0.497 e. The lowest BCUT2D eigenvalue weighted by molar-refractivity contribution is -0.114. The fraction of sp³-hybridized carbons (Fsp3) is 0.160. The summed E-state index contributed by atoms with van der Waals surface area (Å²) in [7, 11) is 4.80. The van der Waals surface area contributed by atoms with Crippen molar-refractivity contribution >= 4 is 34.0 Å². The predicted octanol–water partition coefficient (Wildman–Crippen LogP) is 5.02. The topological polar surface area (TPSA) is 94.6 Å². The molecule has 33 heavy (non-hydrogen) atoms. The number of carbonyl (C=O) groups excluding carboxylic acids is 1. The van der Waals surface area contributed by atoms with Gasteiger partial charge in [0.05, 0.1) is 26.8 Å². The van der Waals surface area contributed by atoms with Gasteiger partial charge in [-0.3, -0.25) is 4.79 Å². The number of anilines is 3. The molecule has 2 N–H and O–H groups in total. The average molecular weight is 444 g/mol. The maximum absolute atomic E-state index is 11.3. The van der Waals surface area contributed by atoms with E-state index in [1.54, 1.807) is 21.3 Å². The van der Waals surface area contributed by atoms with Gasteiger partial charge in [-0.25, -0.2) is 9.97 Å². The van der Waals surface area contributed by atoms with Crippen molar-refractivity contribution in [3.05, 3.63) is 60.7 Å². The lowest BCUT2D eigenvalue weighted by Gasteiger charge is -2.14. The van der Waals surface area contributed by atoms with E-state index in [-0.39, 0.29) is 5.91 Å². The van der Waals surface area contributed by atoms with Crippen molar-refractivity contribution in [2.24, 2.45) is 0 Å². The van der Waals surface area contributed by atoms with E-state index in [0.717, 1.165) is 22.4 Å². The zero-order chi connectivity index (χ0) is 23.4. The van der Waals surface area contributed by atoms with Gasteiger partial charge in [-0.05, 0) is 54.6 Å². The second-order valence-electron chi connectivity index (χ2n) is 7.23. The van der Waals surface area contributed by atoms with Crippen LogP contribution in [0.5, 0.6) is 17.2 Å². The van der Waals surface area contributed by atoms with Crippen LogP contribution < -0.4 is 24.8 Å². The van der Waals surface area contributed by atoms with Gasteiger partial charge in [-0.2, -0.15) is 0 Å². The highest BCUT2D eigenvalue weighted by molar-refractivity contribution is 5.95. The lowest BCUT2D eigenvalue weighted by Crippen LogP contribution is -2.05. The smallest absolute Gasteiger partial charge is 0.221 e. The van der Waals surface area contributed by atoms with Gasteiger partial charge in [0.25, 0.3) is 0 Å². The summed E-state index contributed by atoms with van der Waals surface area (Å²) in [6.45, 7) is 1.47. The highest BCUT2D eigenvalue weighted by atomic mass is 16.5.